The van der Waals surface area contributed by atoms with Gasteiger partial charge in [-0.2, -0.15) is 0 Å². The van der Waals surface area contributed by atoms with Crippen molar-refractivity contribution in [1.29, 1.82) is 0 Å². The van der Waals surface area contributed by atoms with Crippen LogP contribution in [0.4, 0.5) is 21.5 Å². The summed E-state index contributed by atoms with van der Waals surface area (Å²) in [5.41, 5.74) is 1.61. The fourth-order valence-electron chi connectivity index (χ4n) is 3.17. The van der Waals surface area contributed by atoms with E-state index in [0.29, 0.717) is 43.1 Å². The third kappa shape index (κ3) is 4.60. The van der Waals surface area contributed by atoms with Gasteiger partial charge in [0.1, 0.15) is 17.2 Å². The summed E-state index contributed by atoms with van der Waals surface area (Å²) >= 11 is 5.79. The maximum absolute atomic E-state index is 13.3. The zero-order valence-electron chi connectivity index (χ0n) is 15.0. The highest BCUT2D eigenvalue weighted by Gasteiger charge is 2.26. The lowest BCUT2D eigenvalue weighted by Crippen LogP contribution is -2.48. The van der Waals surface area contributed by atoms with Gasteiger partial charge in [0.25, 0.3) is 7.41 Å². The summed E-state index contributed by atoms with van der Waals surface area (Å²) in [6, 6.07) is 9.45. The first-order valence-corrected chi connectivity index (χ1v) is 9.10. The summed E-state index contributed by atoms with van der Waals surface area (Å²) in [6.45, 7) is 2.64. The lowest BCUT2D eigenvalue weighted by Gasteiger charge is -2.35. The molecule has 1 aliphatic heterocycles. The van der Waals surface area contributed by atoms with Gasteiger partial charge in [-0.25, -0.2) is 4.39 Å². The van der Waals surface area contributed by atoms with Gasteiger partial charge in [-0.3, -0.25) is 10.1 Å². The molecule has 3 rings (SSSR count). The summed E-state index contributed by atoms with van der Waals surface area (Å²) in [6.07, 6.45) is 0.740. The number of rotatable bonds is 7. The molecule has 1 saturated heterocycles. The van der Waals surface area contributed by atoms with Crippen LogP contribution in [0.2, 0.25) is 5.02 Å². The Kier molecular flexibility index (Phi) is 6.48. The number of halogens is 2. The molecule has 2 aromatic rings. The Labute approximate surface area is 167 Å². The van der Waals surface area contributed by atoms with Gasteiger partial charge in [-0.05, 0) is 29.8 Å². The highest BCUT2D eigenvalue weighted by molar-refractivity contribution is 6.64. The van der Waals surface area contributed by atoms with Crippen LogP contribution in [0.3, 0.4) is 0 Å². The number of anilines is 2. The van der Waals surface area contributed by atoms with Gasteiger partial charge in [0.15, 0.2) is 0 Å². The Hall–Kier alpha value is -2.65. The van der Waals surface area contributed by atoms with Crippen LogP contribution in [0, 0.1) is 15.9 Å². The number of benzene rings is 2. The van der Waals surface area contributed by atoms with Gasteiger partial charge in [-0.15, -0.1) is 0 Å². The molecule has 0 aliphatic carbocycles. The molecular weight excluding hydrogens is 385 g/mol. The van der Waals surface area contributed by atoms with E-state index in [0.717, 1.165) is 6.19 Å². The Morgan fingerprint density at radius 3 is 2.64 bits per heavy atom. The van der Waals surface area contributed by atoms with Crippen LogP contribution in [-0.4, -0.2) is 49.5 Å². The second-order valence-corrected chi connectivity index (χ2v) is 6.75. The third-order valence-electron chi connectivity index (χ3n) is 4.59. The number of hydrogen-bond acceptors (Lipinski definition) is 6. The molecule has 7 nitrogen and oxygen atoms in total. The number of carbonyl (C=O) groups is 1. The van der Waals surface area contributed by atoms with E-state index in [1.54, 1.807) is 24.3 Å². The second-order valence-electron chi connectivity index (χ2n) is 6.34. The van der Waals surface area contributed by atoms with E-state index in [2.05, 4.69) is 5.32 Å². The minimum absolute atomic E-state index is 0.00699. The Balaban J connectivity index is 1.78. The fourth-order valence-corrected chi connectivity index (χ4v) is 3.37. The Morgan fingerprint density at radius 2 is 2.00 bits per heavy atom. The van der Waals surface area contributed by atoms with E-state index in [1.165, 1.54) is 19.5 Å². The Morgan fingerprint density at radius 1 is 1.25 bits per heavy atom. The smallest absolute Gasteiger partial charge is 0.315 e. The molecule has 0 aromatic heterocycles. The van der Waals surface area contributed by atoms with Crippen LogP contribution in [-0.2, 0) is 11.3 Å². The van der Waals surface area contributed by atoms with Gasteiger partial charge < -0.3 is 19.8 Å². The van der Waals surface area contributed by atoms with E-state index in [9.17, 15) is 19.3 Å². The van der Waals surface area contributed by atoms with Crippen molar-refractivity contribution < 1.29 is 14.1 Å². The number of piperazine rings is 1. The largest absolute Gasteiger partial charge is 0.375 e. The van der Waals surface area contributed by atoms with E-state index in [-0.39, 0.29) is 17.3 Å². The van der Waals surface area contributed by atoms with Gasteiger partial charge in [0, 0.05) is 32.7 Å². The van der Waals surface area contributed by atoms with Crippen LogP contribution in [0.5, 0.6) is 0 Å². The van der Waals surface area contributed by atoms with Crippen molar-refractivity contribution >= 4 is 42.3 Å². The first kappa shape index (κ1) is 20.1. The van der Waals surface area contributed by atoms with E-state index < -0.39 is 10.7 Å². The third-order valence-corrected chi connectivity index (χ3v) is 4.88. The predicted octanol–water partition coefficient (Wildman–Crippen LogP) is 2.93. The maximum Gasteiger partial charge on any atom is 0.315 e. The molecular formula is C18H18BClFN4O3. The molecule has 0 atom stereocenters. The average Bonchev–Trinajstić information content (AvgIpc) is 2.69. The number of nitrogens with one attached hydrogen (secondary N) is 1. The highest BCUT2D eigenvalue weighted by Crippen LogP contribution is 2.36. The van der Waals surface area contributed by atoms with E-state index in [4.69, 9.17) is 11.6 Å². The van der Waals surface area contributed by atoms with Crippen molar-refractivity contribution in [2.45, 2.75) is 6.54 Å². The summed E-state index contributed by atoms with van der Waals surface area (Å²) < 4.78 is 13.3. The predicted molar refractivity (Wildman–Crippen MR) is 108 cm³/mol. The summed E-state index contributed by atoms with van der Waals surface area (Å²) in [5, 5.41) is 14.8. The number of carbonyl (C=O) groups excluding carboxylic acids is 1. The topological polar surface area (TPSA) is 78.7 Å². The molecule has 1 N–H and O–H groups in total. The SMILES string of the molecule is O=C[B]N1CCN(c2cccc(NCc3ccc(F)c(Cl)c3)c2[N+](=O)[O-])CC1. The number of para-hydroxylation sites is 1. The molecule has 10 heteroatoms. The molecule has 0 unspecified atom stereocenters. The maximum atomic E-state index is 13.3. The zero-order valence-corrected chi connectivity index (χ0v) is 15.7. The summed E-state index contributed by atoms with van der Waals surface area (Å²) in [7, 11) is 1.48. The van der Waals surface area contributed by atoms with Crippen molar-refractivity contribution in [3.63, 3.8) is 0 Å². The van der Waals surface area contributed by atoms with Gasteiger partial charge >= 0.3 is 5.69 Å². The molecule has 2 aromatic carbocycles. The van der Waals surface area contributed by atoms with Crippen LogP contribution >= 0.6 is 11.6 Å². The van der Waals surface area contributed by atoms with Crippen molar-refractivity contribution in [2.24, 2.45) is 0 Å². The first-order valence-electron chi connectivity index (χ1n) is 8.72. The molecule has 0 bridgehead atoms. The number of nitro groups is 1. The molecule has 0 saturated carbocycles. The van der Waals surface area contributed by atoms with Crippen molar-refractivity contribution in [3.05, 3.63) is 62.9 Å². The van der Waals surface area contributed by atoms with Crippen LogP contribution in [0.1, 0.15) is 5.56 Å². The molecule has 0 spiro atoms. The Bertz CT molecular complexity index is 878. The molecule has 0 amide bonds. The standard InChI is InChI=1S/C18H18BClFN4O3/c20-14-10-13(4-5-15(14)21)11-22-16-2-1-3-17(18(16)25(27)28)23-6-8-24(9-7-23)19-12-26/h1-5,10,12,22H,6-9,11H2. The van der Waals surface area contributed by atoms with Gasteiger partial charge in [0.2, 0.25) is 0 Å². The summed E-state index contributed by atoms with van der Waals surface area (Å²) in [5.74, 6) is -0.510. The quantitative estimate of drug-likeness (QED) is 0.331. The first-order chi connectivity index (χ1) is 13.5. The molecule has 1 aliphatic rings. The monoisotopic (exact) mass is 403 g/mol. The van der Waals surface area contributed by atoms with Crippen molar-refractivity contribution in [1.82, 2.24) is 4.81 Å². The molecule has 1 heterocycles. The molecule has 1 radical (unpaired) electrons. The van der Waals surface area contributed by atoms with E-state index >= 15 is 0 Å². The van der Waals surface area contributed by atoms with Crippen molar-refractivity contribution in [3.8, 4) is 0 Å². The minimum Gasteiger partial charge on any atom is -0.375 e. The lowest BCUT2D eigenvalue weighted by molar-refractivity contribution is -0.383. The second kappa shape index (κ2) is 9.03. The zero-order chi connectivity index (χ0) is 20.1. The number of nitrogens with zero attached hydrogens (tertiary/aromatic N) is 3. The van der Waals surface area contributed by atoms with Crippen LogP contribution in [0.25, 0.3) is 0 Å². The van der Waals surface area contributed by atoms with Crippen LogP contribution < -0.4 is 10.2 Å². The van der Waals surface area contributed by atoms with Gasteiger partial charge in [0.05, 0.1) is 16.1 Å². The molecule has 28 heavy (non-hydrogen) atoms. The highest BCUT2D eigenvalue weighted by atomic mass is 35.5. The fraction of sp³-hybridized carbons (Fsp3) is 0.278. The van der Waals surface area contributed by atoms with E-state index in [1.807, 2.05) is 9.71 Å². The molecule has 1 fully saturated rings. The van der Waals surface area contributed by atoms with Crippen molar-refractivity contribution in [2.75, 3.05) is 36.4 Å². The lowest BCUT2D eigenvalue weighted by atomic mass is 9.93. The van der Waals surface area contributed by atoms with Crippen LogP contribution in [0.15, 0.2) is 36.4 Å². The normalized spacial score (nSPS) is 14.6. The number of hydrogen-bond donors (Lipinski definition) is 1. The molecule has 145 valence electrons. The minimum atomic E-state index is -0.510. The number of nitro benzene ring substituents is 1. The average molecular weight is 404 g/mol. The summed E-state index contributed by atoms with van der Waals surface area (Å²) in [4.78, 5) is 25.8. The van der Waals surface area contributed by atoms with Gasteiger partial charge in [-0.1, -0.05) is 23.7 Å².